The first kappa shape index (κ1) is 47.2. The maximum absolute atomic E-state index is 10.2. The molecule has 0 bridgehead atoms. The fourth-order valence-corrected chi connectivity index (χ4v) is 14.0. The van der Waals surface area contributed by atoms with Gasteiger partial charge in [0.1, 0.15) is 11.2 Å². The van der Waals surface area contributed by atoms with E-state index in [1.54, 1.807) is 0 Å². The molecule has 0 atom stereocenters. The molecular formula is C77H45N5O2. The number of furan rings is 2. The van der Waals surface area contributed by atoms with Crippen molar-refractivity contribution in [2.45, 2.75) is 5.41 Å². The number of anilines is 9. The van der Waals surface area contributed by atoms with Gasteiger partial charge in [-0.15, -0.1) is 0 Å². The Balaban J connectivity index is 1.05. The van der Waals surface area contributed by atoms with Gasteiger partial charge in [-0.3, -0.25) is 0 Å². The zero-order valence-corrected chi connectivity index (χ0v) is 45.0. The molecule has 7 nitrogen and oxygen atoms in total. The van der Waals surface area contributed by atoms with Gasteiger partial charge in [0.2, 0.25) is 0 Å². The van der Waals surface area contributed by atoms with Crippen molar-refractivity contribution in [2.24, 2.45) is 0 Å². The van der Waals surface area contributed by atoms with Gasteiger partial charge in [0.05, 0.1) is 57.7 Å². The van der Waals surface area contributed by atoms with Gasteiger partial charge in [-0.1, -0.05) is 176 Å². The smallest absolute Gasteiger partial charge is 0.187 e. The lowest BCUT2D eigenvalue weighted by atomic mass is 9.64. The highest BCUT2D eigenvalue weighted by Crippen LogP contribution is 2.67. The van der Waals surface area contributed by atoms with Crippen molar-refractivity contribution in [3.63, 3.8) is 0 Å². The third kappa shape index (κ3) is 6.61. The summed E-state index contributed by atoms with van der Waals surface area (Å²) in [6, 6.07) is 98.9. The number of nitriles is 1. The van der Waals surface area contributed by atoms with Crippen LogP contribution in [0.3, 0.4) is 0 Å². The summed E-state index contributed by atoms with van der Waals surface area (Å²) in [6.07, 6.45) is 0. The fourth-order valence-electron chi connectivity index (χ4n) is 14.0. The second-order valence-electron chi connectivity index (χ2n) is 21.6. The highest BCUT2D eigenvalue weighted by atomic mass is 16.3. The molecule has 0 saturated heterocycles. The number of nitrogens with zero attached hydrogens (tertiary/aromatic N) is 5. The minimum Gasteiger partial charge on any atom is -0.454 e. The minimum absolute atomic E-state index is 0.557. The van der Waals surface area contributed by atoms with E-state index in [4.69, 9.17) is 15.4 Å². The van der Waals surface area contributed by atoms with E-state index in [0.29, 0.717) is 11.3 Å². The Bertz CT molecular complexity index is 5000. The van der Waals surface area contributed by atoms with Gasteiger partial charge in [-0.05, 0) is 141 Å². The summed E-state index contributed by atoms with van der Waals surface area (Å²) in [7, 11) is 0. The summed E-state index contributed by atoms with van der Waals surface area (Å²) in [5, 5.41) is 18.6. The van der Waals surface area contributed by atoms with Crippen molar-refractivity contribution in [3.8, 4) is 17.2 Å². The fraction of sp³-hybridized carbons (Fsp3) is 0.0130. The first-order chi connectivity index (χ1) is 41.6. The van der Waals surface area contributed by atoms with Gasteiger partial charge >= 0.3 is 0 Å². The molecule has 2 aliphatic rings. The Morgan fingerprint density at radius 3 is 1.29 bits per heavy atom. The van der Waals surface area contributed by atoms with Crippen LogP contribution < -0.4 is 14.7 Å². The van der Waals surface area contributed by atoms with E-state index in [9.17, 15) is 5.26 Å². The van der Waals surface area contributed by atoms with Crippen LogP contribution in [-0.2, 0) is 5.41 Å². The van der Waals surface area contributed by atoms with E-state index in [1.165, 1.54) is 0 Å². The molecule has 1 spiro atoms. The molecule has 0 unspecified atom stereocenters. The van der Waals surface area contributed by atoms with Crippen LogP contribution in [0.1, 0.15) is 27.8 Å². The summed E-state index contributed by atoms with van der Waals surface area (Å²) < 4.78 is 13.9. The lowest BCUT2D eigenvalue weighted by Crippen LogP contribution is -2.36. The van der Waals surface area contributed by atoms with E-state index in [2.05, 4.69) is 250 Å². The summed E-state index contributed by atoms with van der Waals surface area (Å²) in [6.45, 7) is 8.02. The topological polar surface area (TPSA) is 64.2 Å². The molecule has 3 heterocycles. The van der Waals surface area contributed by atoms with Crippen molar-refractivity contribution in [1.82, 2.24) is 0 Å². The maximum Gasteiger partial charge on any atom is 0.187 e. The zero-order valence-electron chi connectivity index (χ0n) is 45.0. The van der Waals surface area contributed by atoms with Gasteiger partial charge in [-0.25, -0.2) is 4.85 Å². The molecule has 0 N–H and O–H groups in total. The molecule has 1 aliphatic heterocycles. The maximum atomic E-state index is 10.2. The second kappa shape index (κ2) is 18.2. The molecule has 2 aromatic heterocycles. The number of fused-ring (bicyclic) bond motifs is 19. The summed E-state index contributed by atoms with van der Waals surface area (Å²) >= 11 is 0. The highest BCUT2D eigenvalue weighted by molar-refractivity contribution is 6.21. The minimum atomic E-state index is -0.965. The van der Waals surface area contributed by atoms with Crippen LogP contribution in [0, 0.1) is 17.9 Å². The van der Waals surface area contributed by atoms with Crippen molar-refractivity contribution in [3.05, 3.63) is 312 Å². The van der Waals surface area contributed by atoms with Gasteiger partial charge in [-0.2, -0.15) is 5.26 Å². The van der Waals surface area contributed by atoms with Crippen LogP contribution in [0.25, 0.3) is 81.4 Å². The second-order valence-corrected chi connectivity index (χ2v) is 21.6. The molecule has 0 amide bonds. The molecule has 84 heavy (non-hydrogen) atoms. The van der Waals surface area contributed by atoms with E-state index in [-0.39, 0.29) is 0 Å². The van der Waals surface area contributed by atoms with E-state index < -0.39 is 5.41 Å². The van der Waals surface area contributed by atoms with Crippen LogP contribution in [0.2, 0.25) is 0 Å². The Labute approximate surface area is 483 Å². The summed E-state index contributed by atoms with van der Waals surface area (Å²) in [4.78, 5) is 11.0. The van der Waals surface area contributed by atoms with Crippen molar-refractivity contribution in [2.75, 3.05) is 14.7 Å². The summed E-state index contributed by atoms with van der Waals surface area (Å²) in [5.41, 5.74) is 18.8. The average molecular weight is 1070 g/mol. The molecule has 17 rings (SSSR count). The van der Waals surface area contributed by atoms with Crippen LogP contribution in [0.15, 0.2) is 282 Å². The van der Waals surface area contributed by atoms with Crippen molar-refractivity contribution in [1.29, 1.82) is 5.26 Å². The largest absolute Gasteiger partial charge is 0.454 e. The van der Waals surface area contributed by atoms with Crippen LogP contribution in [0.5, 0.6) is 0 Å². The molecule has 0 saturated carbocycles. The lowest BCUT2D eigenvalue weighted by molar-refractivity contribution is 0.669. The van der Waals surface area contributed by atoms with Gasteiger partial charge in [0.25, 0.3) is 0 Å². The zero-order chi connectivity index (χ0) is 55.6. The Kier molecular flexibility index (Phi) is 10.2. The Morgan fingerprint density at radius 2 is 0.798 bits per heavy atom. The van der Waals surface area contributed by atoms with E-state index in [1.807, 2.05) is 48.5 Å². The Hall–Kier alpha value is -11.6. The number of hydrogen-bond acceptors (Lipinski definition) is 6. The molecule has 0 fully saturated rings. The number of benzene rings is 13. The normalized spacial score (nSPS) is 12.8. The third-order valence-corrected chi connectivity index (χ3v) is 17.4. The van der Waals surface area contributed by atoms with E-state index >= 15 is 0 Å². The predicted molar refractivity (Wildman–Crippen MR) is 342 cm³/mol. The average Bonchev–Trinajstić information content (AvgIpc) is 1.71. The lowest BCUT2D eigenvalue weighted by Gasteiger charge is -2.45. The van der Waals surface area contributed by atoms with E-state index in [0.717, 1.165) is 150 Å². The molecule has 13 aromatic carbocycles. The van der Waals surface area contributed by atoms with Crippen molar-refractivity contribution >= 4 is 122 Å². The van der Waals surface area contributed by atoms with Gasteiger partial charge < -0.3 is 23.5 Å². The monoisotopic (exact) mass is 1070 g/mol. The summed E-state index contributed by atoms with van der Waals surface area (Å²) in [5.74, 6) is 0. The van der Waals surface area contributed by atoms with Crippen LogP contribution in [-0.4, -0.2) is 0 Å². The number of para-hydroxylation sites is 7. The molecular weight excluding hydrogens is 1030 g/mol. The Morgan fingerprint density at radius 1 is 0.381 bits per heavy atom. The predicted octanol–water partition coefficient (Wildman–Crippen LogP) is 21.3. The first-order valence-corrected chi connectivity index (χ1v) is 28.2. The van der Waals surface area contributed by atoms with Crippen LogP contribution in [0.4, 0.5) is 56.9 Å². The standard InChI is InChI=1S/C77H45N5O2/c1-79-49-39-43-52(44-40-49)82(68-34-18-28-60-56-24-10-16-36-72(56)84-76(60)68)70-46-64-74(58-26-8-6-22-54(58)70)73-57-25-7-5-21-53(57)69(81(51-41-37-48(47-78)38-42-51)67-33-17-27-59-55-23-9-15-35-71(55)83-75(59)67)45-63(73)77(64)61-29-11-13-31-65(61)80(50-19-3-2-4-20-50)66-32-14-12-30-62(66)77/h2-46H. The quantitative estimate of drug-likeness (QED) is 0.148. The number of rotatable bonds is 7. The first-order valence-electron chi connectivity index (χ1n) is 28.2. The van der Waals surface area contributed by atoms with Gasteiger partial charge in [0.15, 0.2) is 16.9 Å². The molecule has 390 valence electrons. The third-order valence-electron chi connectivity index (χ3n) is 17.4. The molecule has 7 heteroatoms. The molecule has 0 radical (unpaired) electrons. The van der Waals surface area contributed by atoms with Crippen LogP contribution >= 0.6 is 0 Å². The SMILES string of the molecule is [C-]#[N+]c1ccc(N(c2cc3c(c4ccccc24)-c2c(cc(N(c4ccc(C#N)cc4)c4cccc5c4oc4ccccc45)c4ccccc24)C32c3ccccc3N(c3ccccc3)c3ccccc32)c2cccc3c2oc2ccccc23)cc1. The highest BCUT2D eigenvalue weighted by Gasteiger charge is 2.53. The molecule has 15 aromatic rings. The molecule has 1 aliphatic carbocycles. The number of hydrogen-bond donors (Lipinski definition) is 0. The van der Waals surface area contributed by atoms with Gasteiger partial charge in [0, 0.05) is 49.4 Å². The van der Waals surface area contributed by atoms with Crippen molar-refractivity contribution < 1.29 is 8.83 Å².